The van der Waals surface area contributed by atoms with E-state index in [0.717, 1.165) is 0 Å². The molecule has 1 heterocycles. The van der Waals surface area contributed by atoms with Crippen molar-refractivity contribution in [3.05, 3.63) is 34.9 Å². The van der Waals surface area contributed by atoms with E-state index < -0.39 is 7.67 Å². The van der Waals surface area contributed by atoms with Gasteiger partial charge in [0.05, 0.1) is 19.3 Å². The molecule has 0 amide bonds. The minimum atomic E-state index is -3.29. The summed E-state index contributed by atoms with van der Waals surface area (Å²) in [5.41, 5.74) is 1.13. The number of methoxy groups -OCH3 is 1. The van der Waals surface area contributed by atoms with Crippen LogP contribution in [0.1, 0.15) is 26.5 Å². The standard InChI is InChI=1S/C17H24Br2N3O5P/c1-20(2)28(25,22(7-5-18)8-6-19)27-11-12-9-13-16(21(12)3)14(23)10-15(26-4)17(13)24/h9-10H,5-8,11H2,1-4H3. The summed E-state index contributed by atoms with van der Waals surface area (Å²) in [4.78, 5) is 24.8. The van der Waals surface area contributed by atoms with Gasteiger partial charge in [-0.1, -0.05) is 31.9 Å². The van der Waals surface area contributed by atoms with Crippen LogP contribution in [0.2, 0.25) is 0 Å². The summed E-state index contributed by atoms with van der Waals surface area (Å²) in [6.07, 6.45) is 1.19. The van der Waals surface area contributed by atoms with Gasteiger partial charge in [-0.3, -0.25) is 18.7 Å². The Morgan fingerprint density at radius 1 is 1.18 bits per heavy atom. The lowest BCUT2D eigenvalue weighted by Crippen LogP contribution is -2.32. The zero-order valence-electron chi connectivity index (χ0n) is 16.3. The number of hydrogen-bond acceptors (Lipinski definition) is 5. The third-order valence-corrected chi connectivity index (χ3v) is 7.75. The second-order valence-corrected chi connectivity index (χ2v) is 10.5. The van der Waals surface area contributed by atoms with Crippen LogP contribution < -0.4 is 0 Å². The Morgan fingerprint density at radius 3 is 2.29 bits per heavy atom. The second-order valence-electron chi connectivity index (χ2n) is 6.31. The average Bonchev–Trinajstić information content (AvgIpc) is 2.99. The molecule has 0 spiro atoms. The van der Waals surface area contributed by atoms with Crippen LogP contribution in [-0.4, -0.2) is 70.4 Å². The molecule has 0 bridgehead atoms. The normalized spacial score (nSPS) is 16.4. The van der Waals surface area contributed by atoms with Gasteiger partial charge in [0.15, 0.2) is 5.76 Å². The SMILES string of the molecule is COC1=CC(=O)c2c(cc(COP(=O)(N(C)C)N(CCBr)CCBr)n2C)C1=O. The summed E-state index contributed by atoms with van der Waals surface area (Å²) >= 11 is 6.77. The lowest BCUT2D eigenvalue weighted by molar-refractivity contribution is 0.0914. The largest absolute Gasteiger partial charge is 0.492 e. The second kappa shape index (κ2) is 9.82. The number of carbonyl (C=O) groups is 2. The van der Waals surface area contributed by atoms with Gasteiger partial charge >= 0.3 is 7.67 Å². The van der Waals surface area contributed by atoms with Gasteiger partial charge in [-0.25, -0.2) is 9.34 Å². The van der Waals surface area contributed by atoms with Gasteiger partial charge in [-0.05, 0) is 20.2 Å². The number of aromatic nitrogens is 1. The molecule has 1 unspecified atom stereocenters. The molecular formula is C17H24Br2N3O5P. The molecule has 1 atom stereocenters. The highest BCUT2D eigenvalue weighted by Gasteiger charge is 2.36. The molecule has 156 valence electrons. The van der Waals surface area contributed by atoms with Crippen molar-refractivity contribution in [1.82, 2.24) is 13.9 Å². The highest BCUT2D eigenvalue weighted by Crippen LogP contribution is 2.53. The van der Waals surface area contributed by atoms with Crippen LogP contribution in [0.25, 0.3) is 0 Å². The first-order chi connectivity index (χ1) is 13.2. The van der Waals surface area contributed by atoms with Gasteiger partial charge in [0, 0.05) is 42.6 Å². The molecule has 1 aromatic rings. The Balaban J connectivity index is 2.31. The maximum Gasteiger partial charge on any atom is 0.345 e. The van der Waals surface area contributed by atoms with Gasteiger partial charge in [-0.15, -0.1) is 0 Å². The van der Waals surface area contributed by atoms with E-state index >= 15 is 0 Å². The number of alkyl halides is 2. The maximum absolute atomic E-state index is 13.6. The predicted molar refractivity (Wildman–Crippen MR) is 114 cm³/mol. The summed E-state index contributed by atoms with van der Waals surface area (Å²) in [6.45, 7) is 1.08. The van der Waals surface area contributed by atoms with E-state index in [9.17, 15) is 14.2 Å². The Hall–Kier alpha value is -0.770. The van der Waals surface area contributed by atoms with Crippen LogP contribution in [0, 0.1) is 0 Å². The van der Waals surface area contributed by atoms with Gasteiger partial charge in [-0.2, -0.15) is 0 Å². The smallest absolute Gasteiger partial charge is 0.345 e. The molecule has 8 nitrogen and oxygen atoms in total. The summed E-state index contributed by atoms with van der Waals surface area (Å²) in [5.74, 6) is -0.651. The number of Topliss-reactive ketones (excluding diaryl/α,β-unsaturated/α-hetero) is 1. The van der Waals surface area contributed by atoms with E-state index in [1.807, 2.05) is 0 Å². The third kappa shape index (κ3) is 4.52. The molecule has 1 aliphatic carbocycles. The Labute approximate surface area is 181 Å². The summed E-state index contributed by atoms with van der Waals surface area (Å²) in [5, 5.41) is 1.29. The van der Waals surface area contributed by atoms with E-state index in [2.05, 4.69) is 31.9 Å². The van der Waals surface area contributed by atoms with Crippen molar-refractivity contribution >= 4 is 51.1 Å². The predicted octanol–water partition coefficient (Wildman–Crippen LogP) is 3.21. The maximum atomic E-state index is 13.6. The quantitative estimate of drug-likeness (QED) is 0.333. The molecule has 11 heteroatoms. The lowest BCUT2D eigenvalue weighted by atomic mass is 10.0. The highest BCUT2D eigenvalue weighted by atomic mass is 79.9. The molecule has 28 heavy (non-hydrogen) atoms. The van der Waals surface area contributed by atoms with Crippen LogP contribution in [0.4, 0.5) is 0 Å². The zero-order chi connectivity index (χ0) is 21.1. The number of allylic oxidation sites excluding steroid dienone is 2. The van der Waals surface area contributed by atoms with Crippen LogP contribution in [0.5, 0.6) is 0 Å². The van der Waals surface area contributed by atoms with Crippen molar-refractivity contribution in [2.75, 3.05) is 45.0 Å². The van der Waals surface area contributed by atoms with Gasteiger partial charge in [0.1, 0.15) is 5.69 Å². The van der Waals surface area contributed by atoms with E-state index in [4.69, 9.17) is 9.26 Å². The summed E-state index contributed by atoms with van der Waals surface area (Å²) in [6, 6.07) is 1.60. The molecular weight excluding hydrogens is 517 g/mol. The topological polar surface area (TPSA) is 81.1 Å². The van der Waals surface area contributed by atoms with Crippen LogP contribution in [0.15, 0.2) is 17.9 Å². The number of hydrogen-bond donors (Lipinski definition) is 0. The fourth-order valence-corrected chi connectivity index (χ4v) is 6.27. The van der Waals surface area contributed by atoms with E-state index in [0.29, 0.717) is 29.4 Å². The first-order valence-electron chi connectivity index (χ1n) is 8.54. The molecule has 0 N–H and O–H groups in total. The van der Waals surface area contributed by atoms with Crippen LogP contribution >= 0.6 is 39.5 Å². The zero-order valence-corrected chi connectivity index (χ0v) is 20.3. The Bertz CT molecular complexity index is 831. The van der Waals surface area contributed by atoms with Gasteiger partial charge in [0.2, 0.25) is 11.6 Å². The molecule has 0 aliphatic heterocycles. The summed E-state index contributed by atoms with van der Waals surface area (Å²) < 4.78 is 29.4. The van der Waals surface area contributed by atoms with Crippen molar-refractivity contribution in [3.63, 3.8) is 0 Å². The van der Waals surface area contributed by atoms with Crippen molar-refractivity contribution in [2.45, 2.75) is 6.61 Å². The van der Waals surface area contributed by atoms with E-state index in [1.165, 1.54) is 13.2 Å². The molecule has 0 fully saturated rings. The fraction of sp³-hybridized carbons (Fsp3) is 0.529. The number of halogens is 2. The number of carbonyl (C=O) groups excluding carboxylic acids is 2. The molecule has 1 aliphatic rings. The van der Waals surface area contributed by atoms with Crippen molar-refractivity contribution in [2.24, 2.45) is 7.05 Å². The average molecular weight is 541 g/mol. The number of ether oxygens (including phenoxy) is 1. The summed E-state index contributed by atoms with van der Waals surface area (Å²) in [7, 11) is 3.15. The van der Waals surface area contributed by atoms with Crippen molar-refractivity contribution in [1.29, 1.82) is 0 Å². The van der Waals surface area contributed by atoms with Crippen molar-refractivity contribution < 1.29 is 23.4 Å². The number of ketones is 2. The molecule has 0 saturated carbocycles. The number of nitrogens with zero attached hydrogens (tertiary/aromatic N) is 3. The van der Waals surface area contributed by atoms with E-state index in [-0.39, 0.29) is 35.2 Å². The Morgan fingerprint density at radius 2 is 1.79 bits per heavy atom. The monoisotopic (exact) mass is 539 g/mol. The number of rotatable bonds is 10. The molecule has 0 saturated heterocycles. The van der Waals surface area contributed by atoms with Crippen LogP contribution in [0.3, 0.4) is 0 Å². The Kier molecular flexibility index (Phi) is 8.25. The molecule has 0 radical (unpaired) electrons. The van der Waals surface area contributed by atoms with Gasteiger partial charge in [0.25, 0.3) is 0 Å². The molecule has 2 rings (SSSR count). The number of fused-ring (bicyclic) bond motifs is 1. The van der Waals surface area contributed by atoms with Crippen LogP contribution in [-0.2, 0) is 27.5 Å². The third-order valence-electron chi connectivity index (χ3n) is 4.44. The van der Waals surface area contributed by atoms with Crippen molar-refractivity contribution in [3.8, 4) is 0 Å². The fourth-order valence-electron chi connectivity index (χ4n) is 2.96. The first kappa shape index (κ1) is 23.5. The minimum Gasteiger partial charge on any atom is -0.492 e. The minimum absolute atomic E-state index is 0.00958. The van der Waals surface area contributed by atoms with Gasteiger partial charge < -0.3 is 9.30 Å². The first-order valence-corrected chi connectivity index (χ1v) is 12.3. The molecule has 0 aromatic carbocycles. The molecule has 1 aromatic heterocycles. The van der Waals surface area contributed by atoms with E-state index in [1.54, 1.807) is 41.1 Å². The highest BCUT2D eigenvalue weighted by molar-refractivity contribution is 9.09. The lowest BCUT2D eigenvalue weighted by Gasteiger charge is -2.34.